The van der Waals surface area contributed by atoms with Crippen LogP contribution < -0.4 is 5.32 Å². The minimum atomic E-state index is -0.287. The zero-order valence-electron chi connectivity index (χ0n) is 12.2. The monoisotopic (exact) mass is 306 g/mol. The number of hydrogen-bond donors (Lipinski definition) is 1. The van der Waals surface area contributed by atoms with Crippen molar-refractivity contribution in [2.45, 2.75) is 12.5 Å². The van der Waals surface area contributed by atoms with Crippen molar-refractivity contribution in [2.24, 2.45) is 0 Å². The summed E-state index contributed by atoms with van der Waals surface area (Å²) in [5.74, 6) is -0.338. The molecule has 0 bridgehead atoms. The van der Waals surface area contributed by atoms with Crippen molar-refractivity contribution >= 4 is 17.2 Å². The van der Waals surface area contributed by atoms with E-state index in [1.165, 1.54) is 17.0 Å². The Morgan fingerprint density at radius 3 is 2.57 bits per heavy atom. The van der Waals surface area contributed by atoms with E-state index in [2.05, 4.69) is 16.3 Å². The van der Waals surface area contributed by atoms with Crippen molar-refractivity contribution in [3.8, 4) is 0 Å². The van der Waals surface area contributed by atoms with E-state index >= 15 is 0 Å². The molecule has 1 aromatic carbocycles. The zero-order chi connectivity index (χ0) is 15.2. The number of carbonyl (C=O) groups is 1. The van der Waals surface area contributed by atoms with Gasteiger partial charge in [-0.25, -0.2) is 4.39 Å². The topological polar surface area (TPSA) is 32.3 Å². The van der Waals surface area contributed by atoms with Gasteiger partial charge in [0.05, 0.1) is 12.5 Å². The Kier molecular flexibility index (Phi) is 5.47. The largest absolute Gasteiger partial charge is 0.354 e. The van der Waals surface area contributed by atoms with Gasteiger partial charge in [-0.3, -0.25) is 4.79 Å². The lowest BCUT2D eigenvalue weighted by molar-refractivity contribution is -0.120. The molecule has 5 heteroatoms. The highest BCUT2D eigenvalue weighted by molar-refractivity contribution is 7.10. The van der Waals surface area contributed by atoms with Gasteiger partial charge in [0.2, 0.25) is 5.91 Å². The van der Waals surface area contributed by atoms with Crippen LogP contribution in [0.2, 0.25) is 0 Å². The molecule has 1 atom stereocenters. The fraction of sp³-hybridized carbons (Fsp3) is 0.312. The van der Waals surface area contributed by atoms with Gasteiger partial charge in [0.25, 0.3) is 0 Å². The third-order valence-electron chi connectivity index (χ3n) is 3.27. The van der Waals surface area contributed by atoms with Crippen molar-refractivity contribution in [3.63, 3.8) is 0 Å². The molecule has 0 saturated carbocycles. The lowest BCUT2D eigenvalue weighted by Gasteiger charge is -2.23. The number of nitrogens with zero attached hydrogens (tertiary/aromatic N) is 1. The summed E-state index contributed by atoms with van der Waals surface area (Å²) >= 11 is 1.68. The van der Waals surface area contributed by atoms with Crippen LogP contribution in [-0.2, 0) is 11.2 Å². The van der Waals surface area contributed by atoms with Gasteiger partial charge in [-0.15, -0.1) is 11.3 Å². The van der Waals surface area contributed by atoms with E-state index in [1.54, 1.807) is 23.5 Å². The maximum atomic E-state index is 12.8. The van der Waals surface area contributed by atoms with Crippen molar-refractivity contribution in [3.05, 3.63) is 58.0 Å². The van der Waals surface area contributed by atoms with Crippen LogP contribution in [0.15, 0.2) is 41.8 Å². The third kappa shape index (κ3) is 4.65. The van der Waals surface area contributed by atoms with Crippen molar-refractivity contribution in [1.29, 1.82) is 0 Å². The first-order valence-electron chi connectivity index (χ1n) is 6.77. The first-order valence-corrected chi connectivity index (χ1v) is 7.65. The van der Waals surface area contributed by atoms with Crippen LogP contribution in [0.5, 0.6) is 0 Å². The number of amides is 1. The average Bonchev–Trinajstić information content (AvgIpc) is 2.95. The molecule has 1 amide bonds. The molecule has 0 saturated heterocycles. The average molecular weight is 306 g/mol. The van der Waals surface area contributed by atoms with Crippen LogP contribution in [-0.4, -0.2) is 31.4 Å². The Labute approximate surface area is 128 Å². The molecule has 0 spiro atoms. The molecule has 0 aliphatic carbocycles. The molecular formula is C16H19FN2OS. The van der Waals surface area contributed by atoms with Crippen LogP contribution in [0.4, 0.5) is 4.39 Å². The number of carbonyl (C=O) groups excluding carboxylic acids is 1. The molecule has 1 heterocycles. The number of rotatable bonds is 6. The van der Waals surface area contributed by atoms with E-state index in [9.17, 15) is 9.18 Å². The molecule has 1 aromatic heterocycles. The van der Waals surface area contributed by atoms with E-state index in [0.29, 0.717) is 6.54 Å². The Hall–Kier alpha value is -1.72. The van der Waals surface area contributed by atoms with Gasteiger partial charge >= 0.3 is 0 Å². The number of nitrogens with one attached hydrogen (secondary N) is 1. The van der Waals surface area contributed by atoms with Gasteiger partial charge in [-0.2, -0.15) is 0 Å². The summed E-state index contributed by atoms with van der Waals surface area (Å²) in [6.45, 7) is 0.563. The number of thiophene rings is 1. The summed E-state index contributed by atoms with van der Waals surface area (Å²) in [5.41, 5.74) is 0.812. The molecule has 0 fully saturated rings. The van der Waals surface area contributed by atoms with Gasteiger partial charge in [0, 0.05) is 11.4 Å². The summed E-state index contributed by atoms with van der Waals surface area (Å²) in [7, 11) is 3.99. The van der Waals surface area contributed by atoms with Crippen LogP contribution >= 0.6 is 11.3 Å². The van der Waals surface area contributed by atoms with Crippen molar-refractivity contribution in [2.75, 3.05) is 20.6 Å². The molecule has 112 valence electrons. The molecule has 2 aromatic rings. The highest BCUT2D eigenvalue weighted by Gasteiger charge is 2.16. The summed E-state index contributed by atoms with van der Waals surface area (Å²) in [5, 5.41) is 4.98. The van der Waals surface area contributed by atoms with E-state index in [1.807, 2.05) is 25.5 Å². The van der Waals surface area contributed by atoms with E-state index in [4.69, 9.17) is 0 Å². The first kappa shape index (κ1) is 15.7. The molecule has 0 radical (unpaired) electrons. The SMILES string of the molecule is CN(C)C(CNC(=O)Cc1ccc(F)cc1)c1cccs1. The van der Waals surface area contributed by atoms with Gasteiger partial charge in [0.1, 0.15) is 5.82 Å². The molecule has 0 aliphatic heterocycles. The Morgan fingerprint density at radius 1 is 1.29 bits per heavy atom. The highest BCUT2D eigenvalue weighted by atomic mass is 32.1. The number of benzene rings is 1. The summed E-state index contributed by atoms with van der Waals surface area (Å²) < 4.78 is 12.8. The lowest BCUT2D eigenvalue weighted by atomic mass is 10.1. The summed E-state index contributed by atoms with van der Waals surface area (Å²) in [6.07, 6.45) is 0.269. The van der Waals surface area contributed by atoms with Crippen molar-refractivity contribution < 1.29 is 9.18 Å². The second-order valence-electron chi connectivity index (χ2n) is 5.10. The second-order valence-corrected chi connectivity index (χ2v) is 6.08. The van der Waals surface area contributed by atoms with E-state index < -0.39 is 0 Å². The highest BCUT2D eigenvalue weighted by Crippen LogP contribution is 2.22. The molecule has 3 nitrogen and oxygen atoms in total. The first-order chi connectivity index (χ1) is 10.1. The number of likely N-dealkylation sites (N-methyl/N-ethyl adjacent to an activating group) is 1. The Morgan fingerprint density at radius 2 is 2.00 bits per heavy atom. The maximum Gasteiger partial charge on any atom is 0.224 e. The second kappa shape index (κ2) is 7.33. The van der Waals surface area contributed by atoms with Crippen LogP contribution in [0.3, 0.4) is 0 Å². The normalized spacial score (nSPS) is 12.4. The minimum Gasteiger partial charge on any atom is -0.354 e. The summed E-state index contributed by atoms with van der Waals surface area (Å²) in [6, 6.07) is 10.3. The Balaban J connectivity index is 1.89. The maximum absolute atomic E-state index is 12.8. The zero-order valence-corrected chi connectivity index (χ0v) is 13.0. The third-order valence-corrected chi connectivity index (χ3v) is 4.24. The minimum absolute atomic E-state index is 0.0509. The van der Waals surface area contributed by atoms with Gasteiger partial charge in [-0.1, -0.05) is 18.2 Å². The van der Waals surface area contributed by atoms with Crippen LogP contribution in [0.25, 0.3) is 0 Å². The van der Waals surface area contributed by atoms with Gasteiger partial charge in [0.15, 0.2) is 0 Å². The number of hydrogen-bond acceptors (Lipinski definition) is 3. The number of halogens is 1. The lowest BCUT2D eigenvalue weighted by Crippen LogP contribution is -2.34. The molecule has 21 heavy (non-hydrogen) atoms. The molecule has 1 unspecified atom stereocenters. The van der Waals surface area contributed by atoms with Crippen molar-refractivity contribution in [1.82, 2.24) is 10.2 Å². The van der Waals surface area contributed by atoms with E-state index in [-0.39, 0.29) is 24.2 Å². The quantitative estimate of drug-likeness (QED) is 0.890. The van der Waals surface area contributed by atoms with Crippen LogP contribution in [0, 0.1) is 5.82 Å². The van der Waals surface area contributed by atoms with Gasteiger partial charge < -0.3 is 10.2 Å². The molecular weight excluding hydrogens is 287 g/mol. The fourth-order valence-corrected chi connectivity index (χ4v) is 3.00. The van der Waals surface area contributed by atoms with E-state index in [0.717, 1.165) is 5.56 Å². The summed E-state index contributed by atoms with van der Waals surface area (Å²) in [4.78, 5) is 15.3. The standard InChI is InChI=1S/C16H19FN2OS/c1-19(2)14(15-4-3-9-21-15)11-18-16(20)10-12-5-7-13(17)8-6-12/h3-9,14H,10-11H2,1-2H3,(H,18,20). The molecule has 0 aliphatic rings. The molecule has 1 N–H and O–H groups in total. The molecule has 2 rings (SSSR count). The van der Waals surface area contributed by atoms with Gasteiger partial charge in [-0.05, 0) is 43.2 Å². The van der Waals surface area contributed by atoms with Crippen LogP contribution in [0.1, 0.15) is 16.5 Å². The Bertz CT molecular complexity index is 566. The predicted molar refractivity (Wildman–Crippen MR) is 83.9 cm³/mol. The fourth-order valence-electron chi connectivity index (χ4n) is 2.08. The smallest absolute Gasteiger partial charge is 0.224 e. The predicted octanol–water partition coefficient (Wildman–Crippen LogP) is 2.85.